The summed E-state index contributed by atoms with van der Waals surface area (Å²) in [4.78, 5) is 24.4. The maximum Gasteiger partial charge on any atom is 0.257 e. The van der Waals surface area contributed by atoms with Gasteiger partial charge in [-0.1, -0.05) is 53.4 Å². The van der Waals surface area contributed by atoms with Gasteiger partial charge < -0.3 is 5.32 Å². The maximum atomic E-state index is 12.3. The van der Waals surface area contributed by atoms with Gasteiger partial charge in [-0.25, -0.2) is 0 Å². The summed E-state index contributed by atoms with van der Waals surface area (Å²) in [5.74, 6) is -0.127. The van der Waals surface area contributed by atoms with E-state index in [1.54, 1.807) is 6.07 Å². The Balaban J connectivity index is 1.53. The normalized spacial score (nSPS) is 10.4. The summed E-state index contributed by atoms with van der Waals surface area (Å²) in [6, 6.07) is 15.0. The van der Waals surface area contributed by atoms with Crippen LogP contribution in [0.5, 0.6) is 0 Å². The monoisotopic (exact) mass is 398 g/mol. The number of aromatic nitrogens is 2. The molecule has 138 valence electrons. The van der Waals surface area contributed by atoms with Crippen LogP contribution in [0.1, 0.15) is 21.5 Å². The molecule has 1 aromatic heterocycles. The van der Waals surface area contributed by atoms with Crippen LogP contribution >= 0.6 is 23.1 Å². The molecule has 27 heavy (non-hydrogen) atoms. The first-order chi connectivity index (χ1) is 13.0. The van der Waals surface area contributed by atoms with Gasteiger partial charge in [-0.2, -0.15) is 0 Å². The number of aryl methyl sites for hydroxylation is 2. The Labute approximate surface area is 165 Å². The zero-order valence-corrected chi connectivity index (χ0v) is 16.5. The van der Waals surface area contributed by atoms with E-state index in [0.717, 1.165) is 16.8 Å². The van der Waals surface area contributed by atoms with Crippen LogP contribution in [0.2, 0.25) is 0 Å². The molecule has 0 unspecified atom stereocenters. The van der Waals surface area contributed by atoms with Crippen molar-refractivity contribution in [2.24, 2.45) is 0 Å². The van der Waals surface area contributed by atoms with Crippen LogP contribution in [-0.2, 0) is 4.79 Å². The number of anilines is 2. The lowest BCUT2D eigenvalue weighted by Gasteiger charge is -2.04. The van der Waals surface area contributed by atoms with Crippen molar-refractivity contribution in [2.75, 3.05) is 16.4 Å². The van der Waals surface area contributed by atoms with E-state index in [-0.39, 0.29) is 17.6 Å². The number of nitrogens with one attached hydrogen (secondary N) is 2. The lowest BCUT2D eigenvalue weighted by Crippen LogP contribution is -2.13. The van der Waals surface area contributed by atoms with Gasteiger partial charge >= 0.3 is 0 Å². The second kappa shape index (κ2) is 8.79. The molecule has 0 bridgehead atoms. The molecule has 3 aromatic rings. The highest BCUT2D eigenvalue weighted by Crippen LogP contribution is 2.26. The van der Waals surface area contributed by atoms with Crippen molar-refractivity contribution in [1.29, 1.82) is 0 Å². The second-order valence-electron chi connectivity index (χ2n) is 5.85. The Morgan fingerprint density at radius 3 is 2.63 bits per heavy atom. The van der Waals surface area contributed by atoms with E-state index in [4.69, 9.17) is 0 Å². The van der Waals surface area contributed by atoms with Crippen molar-refractivity contribution in [1.82, 2.24) is 10.2 Å². The Morgan fingerprint density at radius 1 is 1.04 bits per heavy atom. The fourth-order valence-electron chi connectivity index (χ4n) is 2.36. The fourth-order valence-corrected chi connectivity index (χ4v) is 3.90. The molecule has 2 aromatic carbocycles. The molecule has 0 saturated carbocycles. The minimum Gasteiger partial charge on any atom is -0.325 e. The molecule has 0 aliphatic rings. The smallest absolute Gasteiger partial charge is 0.257 e. The van der Waals surface area contributed by atoms with Crippen LogP contribution < -0.4 is 10.6 Å². The maximum absolute atomic E-state index is 12.3. The average molecular weight is 399 g/mol. The van der Waals surface area contributed by atoms with Gasteiger partial charge in [-0.15, -0.1) is 10.2 Å². The molecule has 0 atom stereocenters. The van der Waals surface area contributed by atoms with E-state index in [1.807, 2.05) is 56.3 Å². The minimum absolute atomic E-state index is 0.119. The van der Waals surface area contributed by atoms with E-state index in [0.29, 0.717) is 15.0 Å². The summed E-state index contributed by atoms with van der Waals surface area (Å²) in [6.07, 6.45) is 0. The van der Waals surface area contributed by atoms with E-state index >= 15 is 0 Å². The zero-order valence-electron chi connectivity index (χ0n) is 14.9. The zero-order chi connectivity index (χ0) is 19.2. The minimum atomic E-state index is -0.224. The highest BCUT2D eigenvalue weighted by atomic mass is 32.2. The van der Waals surface area contributed by atoms with E-state index in [9.17, 15) is 9.59 Å². The number of hydrogen-bond acceptors (Lipinski definition) is 6. The molecular formula is C19H18N4O2S2. The lowest BCUT2D eigenvalue weighted by atomic mass is 10.1. The van der Waals surface area contributed by atoms with Crippen molar-refractivity contribution in [3.63, 3.8) is 0 Å². The van der Waals surface area contributed by atoms with Gasteiger partial charge in [0.25, 0.3) is 5.91 Å². The molecule has 8 heteroatoms. The van der Waals surface area contributed by atoms with E-state index in [1.165, 1.54) is 23.1 Å². The van der Waals surface area contributed by atoms with E-state index < -0.39 is 0 Å². The molecule has 3 rings (SSSR count). The third-order valence-corrected chi connectivity index (χ3v) is 5.62. The standard InChI is InChI=1S/C19H18N4O2S2/c1-12-6-5-8-14(10-12)20-16(24)11-26-19-23-22-18(27-19)21-17(25)15-9-4-3-7-13(15)2/h3-10H,11H2,1-2H3,(H,20,24)(H,21,22,25). The van der Waals surface area contributed by atoms with Crippen LogP contribution in [0.15, 0.2) is 52.9 Å². The van der Waals surface area contributed by atoms with Gasteiger partial charge in [0, 0.05) is 11.3 Å². The fraction of sp³-hybridized carbons (Fsp3) is 0.158. The molecule has 2 N–H and O–H groups in total. The lowest BCUT2D eigenvalue weighted by molar-refractivity contribution is -0.113. The molecule has 2 amide bonds. The van der Waals surface area contributed by atoms with Crippen LogP contribution in [-0.4, -0.2) is 27.8 Å². The molecule has 0 fully saturated rings. The number of benzene rings is 2. The first-order valence-corrected chi connectivity index (χ1v) is 10.0. The summed E-state index contributed by atoms with van der Waals surface area (Å²) in [5.41, 5.74) is 3.34. The molecule has 0 aliphatic carbocycles. The van der Waals surface area contributed by atoms with Gasteiger partial charge in [0.2, 0.25) is 11.0 Å². The number of amides is 2. The predicted molar refractivity (Wildman–Crippen MR) is 110 cm³/mol. The molecule has 0 saturated heterocycles. The van der Waals surface area contributed by atoms with Crippen LogP contribution in [0.3, 0.4) is 0 Å². The predicted octanol–water partition coefficient (Wildman–Crippen LogP) is 4.14. The first kappa shape index (κ1) is 19.1. The average Bonchev–Trinajstić information content (AvgIpc) is 3.08. The topological polar surface area (TPSA) is 84.0 Å². The number of carbonyl (C=O) groups excluding carboxylic acids is 2. The van der Waals surface area contributed by atoms with Gasteiger partial charge in [0.05, 0.1) is 5.75 Å². The molecule has 0 spiro atoms. The third kappa shape index (κ3) is 5.38. The van der Waals surface area contributed by atoms with Crippen molar-refractivity contribution in [3.05, 3.63) is 65.2 Å². The molecule has 1 heterocycles. The highest BCUT2D eigenvalue weighted by molar-refractivity contribution is 8.01. The summed E-state index contributed by atoms with van der Waals surface area (Å²) in [6.45, 7) is 3.85. The van der Waals surface area contributed by atoms with Gasteiger partial charge in [-0.05, 0) is 43.2 Å². The number of carbonyl (C=O) groups is 2. The Bertz CT molecular complexity index is 972. The molecule has 6 nitrogen and oxygen atoms in total. The Morgan fingerprint density at radius 2 is 1.85 bits per heavy atom. The third-order valence-electron chi connectivity index (χ3n) is 3.65. The van der Waals surface area contributed by atoms with Crippen LogP contribution in [0, 0.1) is 13.8 Å². The number of nitrogens with zero attached hydrogens (tertiary/aromatic N) is 2. The highest BCUT2D eigenvalue weighted by Gasteiger charge is 2.13. The Hall–Kier alpha value is -2.71. The summed E-state index contributed by atoms with van der Waals surface area (Å²) < 4.78 is 0.620. The van der Waals surface area contributed by atoms with Crippen LogP contribution in [0.4, 0.5) is 10.8 Å². The van der Waals surface area contributed by atoms with E-state index in [2.05, 4.69) is 20.8 Å². The number of rotatable bonds is 6. The van der Waals surface area contributed by atoms with Crippen molar-refractivity contribution in [3.8, 4) is 0 Å². The van der Waals surface area contributed by atoms with Gasteiger partial charge in [0.1, 0.15) is 0 Å². The summed E-state index contributed by atoms with van der Waals surface area (Å²) in [5, 5.41) is 14.0. The van der Waals surface area contributed by atoms with Crippen molar-refractivity contribution < 1.29 is 9.59 Å². The Kier molecular flexibility index (Phi) is 6.20. The largest absolute Gasteiger partial charge is 0.325 e. The summed E-state index contributed by atoms with van der Waals surface area (Å²) >= 11 is 2.52. The van der Waals surface area contributed by atoms with Crippen molar-refractivity contribution in [2.45, 2.75) is 18.2 Å². The van der Waals surface area contributed by atoms with Crippen LogP contribution in [0.25, 0.3) is 0 Å². The van der Waals surface area contributed by atoms with Gasteiger partial charge in [0.15, 0.2) is 4.34 Å². The SMILES string of the molecule is Cc1cccc(NC(=O)CSc2nnc(NC(=O)c3ccccc3C)s2)c1. The molecule has 0 aliphatic heterocycles. The second-order valence-corrected chi connectivity index (χ2v) is 8.05. The molecular weight excluding hydrogens is 380 g/mol. The molecule has 0 radical (unpaired) electrons. The first-order valence-electron chi connectivity index (χ1n) is 8.21. The van der Waals surface area contributed by atoms with Gasteiger partial charge in [-0.3, -0.25) is 14.9 Å². The number of thioether (sulfide) groups is 1. The van der Waals surface area contributed by atoms with Crippen molar-refractivity contribution >= 4 is 45.7 Å². The number of hydrogen-bond donors (Lipinski definition) is 2. The quantitative estimate of drug-likeness (QED) is 0.482. The summed E-state index contributed by atoms with van der Waals surface area (Å²) in [7, 11) is 0.